The van der Waals surface area contributed by atoms with Crippen molar-refractivity contribution in [1.29, 1.82) is 0 Å². The molecule has 2 fully saturated rings. The second-order valence-corrected chi connectivity index (χ2v) is 11.4. The molecule has 0 bridgehead atoms. The van der Waals surface area contributed by atoms with Crippen LogP contribution < -0.4 is 0 Å². The van der Waals surface area contributed by atoms with E-state index in [0.29, 0.717) is 32.5 Å². The molecule has 0 saturated carbocycles. The van der Waals surface area contributed by atoms with Crippen molar-refractivity contribution in [1.82, 2.24) is 14.7 Å². The summed E-state index contributed by atoms with van der Waals surface area (Å²) >= 11 is 0. The number of hydrogen-bond acceptors (Lipinski definition) is 5. The van der Waals surface area contributed by atoms with Gasteiger partial charge in [0.1, 0.15) is 11.6 Å². The number of aliphatic hydroxyl groups excluding tert-OH is 1. The van der Waals surface area contributed by atoms with E-state index in [1.165, 1.54) is 0 Å². The average Bonchev–Trinajstić information content (AvgIpc) is 3.22. The SMILES string of the molecule is CCCC(C)N1CC=C[C@]23O[C@@]4(CC)C=CCN(Cc5ccccc5)C(=O)[C@H]4[C@H]2C(=O)N(CCCO)C3C1=O. The highest BCUT2D eigenvalue weighted by Crippen LogP contribution is 2.58. The van der Waals surface area contributed by atoms with Crippen LogP contribution in [0, 0.1) is 11.8 Å². The van der Waals surface area contributed by atoms with E-state index >= 15 is 0 Å². The van der Waals surface area contributed by atoms with Crippen molar-refractivity contribution in [3.63, 3.8) is 0 Å². The zero-order valence-corrected chi connectivity index (χ0v) is 23.3. The maximum Gasteiger partial charge on any atom is 0.249 e. The van der Waals surface area contributed by atoms with Crippen LogP contribution in [0.4, 0.5) is 0 Å². The summed E-state index contributed by atoms with van der Waals surface area (Å²) in [4.78, 5) is 48.2. The van der Waals surface area contributed by atoms with Crippen LogP contribution in [-0.2, 0) is 25.7 Å². The second-order valence-electron chi connectivity index (χ2n) is 11.4. The molecule has 1 N–H and O–H groups in total. The van der Waals surface area contributed by atoms with Gasteiger partial charge in [-0.05, 0) is 31.7 Å². The lowest BCUT2D eigenvalue weighted by atomic mass is 9.73. The number of nitrogens with zero attached hydrogens (tertiary/aromatic N) is 3. The number of fused-ring (bicyclic) bond motifs is 2. The number of aliphatic hydroxyl groups is 1. The summed E-state index contributed by atoms with van der Waals surface area (Å²) in [7, 11) is 0. The van der Waals surface area contributed by atoms with Crippen LogP contribution in [-0.4, -0.2) is 87.1 Å². The van der Waals surface area contributed by atoms with Crippen LogP contribution in [0.25, 0.3) is 0 Å². The lowest BCUT2D eigenvalue weighted by Gasteiger charge is -2.39. The number of ether oxygens (including phenoxy) is 1. The largest absolute Gasteiger partial charge is 0.396 e. The van der Waals surface area contributed by atoms with Crippen LogP contribution in [0.1, 0.15) is 52.0 Å². The van der Waals surface area contributed by atoms with Crippen LogP contribution in [0.5, 0.6) is 0 Å². The van der Waals surface area contributed by atoms with E-state index in [9.17, 15) is 19.5 Å². The second kappa shape index (κ2) is 10.9. The molecule has 8 heteroatoms. The van der Waals surface area contributed by atoms with Crippen LogP contribution in [0.15, 0.2) is 54.6 Å². The fourth-order valence-electron chi connectivity index (χ4n) is 7.22. The fourth-order valence-corrected chi connectivity index (χ4v) is 7.22. The Morgan fingerprint density at radius 3 is 2.44 bits per heavy atom. The lowest BCUT2D eigenvalue weighted by molar-refractivity contribution is -0.155. The highest BCUT2D eigenvalue weighted by atomic mass is 16.5. The zero-order chi connectivity index (χ0) is 27.8. The van der Waals surface area contributed by atoms with Gasteiger partial charge in [-0.15, -0.1) is 0 Å². The van der Waals surface area contributed by atoms with E-state index in [1.807, 2.05) is 73.4 Å². The fraction of sp³-hybridized carbons (Fsp3) is 0.581. The summed E-state index contributed by atoms with van der Waals surface area (Å²) < 4.78 is 6.99. The molecule has 4 aliphatic rings. The number of benzene rings is 1. The molecule has 4 aliphatic heterocycles. The molecular formula is C31H41N3O5. The Morgan fingerprint density at radius 1 is 1.00 bits per heavy atom. The van der Waals surface area contributed by atoms with Crippen molar-refractivity contribution in [2.45, 2.75) is 76.3 Å². The highest BCUT2D eigenvalue weighted by Gasteiger charge is 2.75. The number of amides is 3. The molecule has 39 heavy (non-hydrogen) atoms. The standard InChI is InChI=1S/C31H41N3O5/c1-4-12-22(3)33-18-10-16-31-25(28(37)34(19-11-20-35)26(31)29(33)38)24-27(36)32(21-23-13-7-6-8-14-23)17-9-15-30(24,5-2)39-31/h6-10,13-16,22,24-26,35H,4-5,11-12,17-21H2,1-3H3/t22?,24-,25+,26?,30+,31+/m1/s1. The number of hydrogen-bond donors (Lipinski definition) is 1. The van der Waals surface area contributed by atoms with Crippen molar-refractivity contribution in [3.8, 4) is 0 Å². The molecule has 8 nitrogen and oxygen atoms in total. The summed E-state index contributed by atoms with van der Waals surface area (Å²) in [6, 6.07) is 8.97. The minimum atomic E-state index is -1.25. The molecule has 0 aliphatic carbocycles. The first-order chi connectivity index (χ1) is 18.8. The summed E-state index contributed by atoms with van der Waals surface area (Å²) in [6.07, 6.45) is 10.4. The first-order valence-corrected chi connectivity index (χ1v) is 14.4. The number of carbonyl (C=O) groups excluding carboxylic acids is 3. The highest BCUT2D eigenvalue weighted by molar-refractivity contribution is 6.00. The lowest BCUT2D eigenvalue weighted by Crippen LogP contribution is -2.57. The molecule has 1 aromatic carbocycles. The van der Waals surface area contributed by atoms with Crippen LogP contribution >= 0.6 is 0 Å². The number of rotatable bonds is 9. The molecular weight excluding hydrogens is 494 g/mol. The third kappa shape index (κ3) is 4.42. The predicted octanol–water partition coefficient (Wildman–Crippen LogP) is 2.92. The van der Waals surface area contributed by atoms with Gasteiger partial charge in [0.15, 0.2) is 0 Å². The molecule has 2 saturated heterocycles. The third-order valence-corrected chi connectivity index (χ3v) is 9.07. The summed E-state index contributed by atoms with van der Waals surface area (Å²) in [6.45, 7) is 7.56. The van der Waals surface area contributed by atoms with Gasteiger partial charge in [-0.2, -0.15) is 0 Å². The summed E-state index contributed by atoms with van der Waals surface area (Å²) in [5.74, 6) is -2.08. The first-order valence-electron chi connectivity index (χ1n) is 14.4. The van der Waals surface area contributed by atoms with Gasteiger partial charge in [0.25, 0.3) is 0 Å². The van der Waals surface area contributed by atoms with Gasteiger partial charge in [-0.1, -0.05) is 74.9 Å². The van der Waals surface area contributed by atoms with Crippen LogP contribution in [0.2, 0.25) is 0 Å². The molecule has 3 amide bonds. The van der Waals surface area contributed by atoms with Gasteiger partial charge in [0.2, 0.25) is 17.7 Å². The quantitative estimate of drug-likeness (QED) is 0.491. The molecule has 5 rings (SSSR count). The van der Waals surface area contributed by atoms with Gasteiger partial charge in [-0.25, -0.2) is 0 Å². The van der Waals surface area contributed by atoms with E-state index in [4.69, 9.17) is 4.74 Å². The Bertz CT molecular complexity index is 1150. The summed E-state index contributed by atoms with van der Waals surface area (Å²) in [5.41, 5.74) is -1.22. The molecule has 1 aromatic rings. The monoisotopic (exact) mass is 535 g/mol. The van der Waals surface area contributed by atoms with Crippen molar-refractivity contribution in [2.24, 2.45) is 11.8 Å². The molecule has 1 spiro atoms. The van der Waals surface area contributed by atoms with Gasteiger partial charge >= 0.3 is 0 Å². The molecule has 4 heterocycles. The minimum Gasteiger partial charge on any atom is -0.396 e. The minimum absolute atomic E-state index is 0.00560. The van der Waals surface area contributed by atoms with E-state index in [2.05, 4.69) is 6.92 Å². The van der Waals surface area contributed by atoms with E-state index in [1.54, 1.807) is 9.80 Å². The Labute approximate surface area is 231 Å². The Morgan fingerprint density at radius 2 is 1.74 bits per heavy atom. The summed E-state index contributed by atoms with van der Waals surface area (Å²) in [5, 5.41) is 9.61. The van der Waals surface area contributed by atoms with Crippen molar-refractivity contribution < 1.29 is 24.2 Å². The Kier molecular flexibility index (Phi) is 7.71. The van der Waals surface area contributed by atoms with E-state index in [-0.39, 0.29) is 36.9 Å². The van der Waals surface area contributed by atoms with Crippen molar-refractivity contribution in [3.05, 3.63) is 60.2 Å². The molecule has 0 radical (unpaired) electrons. The average molecular weight is 536 g/mol. The molecule has 6 atom stereocenters. The number of carbonyl (C=O) groups is 3. The van der Waals surface area contributed by atoms with Crippen molar-refractivity contribution in [2.75, 3.05) is 26.2 Å². The first kappa shape index (κ1) is 27.6. The van der Waals surface area contributed by atoms with Gasteiger partial charge in [0.05, 0.1) is 17.4 Å². The molecule has 2 unspecified atom stereocenters. The molecule has 0 aromatic heterocycles. The van der Waals surface area contributed by atoms with E-state index in [0.717, 1.165) is 18.4 Å². The maximum atomic E-state index is 14.4. The van der Waals surface area contributed by atoms with Gasteiger partial charge in [-0.3, -0.25) is 14.4 Å². The van der Waals surface area contributed by atoms with Gasteiger partial charge < -0.3 is 24.5 Å². The van der Waals surface area contributed by atoms with Crippen molar-refractivity contribution >= 4 is 17.7 Å². The van der Waals surface area contributed by atoms with Gasteiger partial charge in [0, 0.05) is 38.8 Å². The topological polar surface area (TPSA) is 90.4 Å². The Balaban J connectivity index is 1.59. The normalized spacial score (nSPS) is 32.7. The van der Waals surface area contributed by atoms with E-state index < -0.39 is 29.1 Å². The maximum absolute atomic E-state index is 14.4. The number of likely N-dealkylation sites (tertiary alicyclic amines) is 1. The third-order valence-electron chi connectivity index (χ3n) is 9.07. The molecule has 210 valence electrons. The predicted molar refractivity (Wildman–Crippen MR) is 147 cm³/mol. The smallest absolute Gasteiger partial charge is 0.249 e. The van der Waals surface area contributed by atoms with Crippen LogP contribution in [0.3, 0.4) is 0 Å². The zero-order valence-electron chi connectivity index (χ0n) is 23.3. The Hall–Kier alpha value is -2.97.